The predicted octanol–water partition coefficient (Wildman–Crippen LogP) is 1.68. The summed E-state index contributed by atoms with van der Waals surface area (Å²) in [5, 5.41) is 12.3. The molecule has 1 heterocycles. The van der Waals surface area contributed by atoms with E-state index in [1.807, 2.05) is 6.92 Å². The molecule has 1 rings (SSSR count). The van der Waals surface area contributed by atoms with Gasteiger partial charge < -0.3 is 15.2 Å². The van der Waals surface area contributed by atoms with Crippen molar-refractivity contribution in [3.05, 3.63) is 11.1 Å². The molecule has 0 spiro atoms. The second-order valence-corrected chi connectivity index (χ2v) is 3.84. The number of hydrogen-bond donors (Lipinski definition) is 2. The first-order valence-electron chi connectivity index (χ1n) is 4.74. The van der Waals surface area contributed by atoms with Crippen LogP contribution in [0.1, 0.15) is 23.0 Å². The zero-order valence-corrected chi connectivity index (χ0v) is 9.34. The topological polar surface area (TPSA) is 71.5 Å². The Balaban J connectivity index is 2.23. The summed E-state index contributed by atoms with van der Waals surface area (Å²) in [5.74, 6) is -0.935. The molecule has 0 atom stereocenters. The van der Waals surface area contributed by atoms with Crippen molar-refractivity contribution in [2.24, 2.45) is 0 Å². The summed E-state index contributed by atoms with van der Waals surface area (Å²) in [6.45, 7) is 4.13. The zero-order valence-electron chi connectivity index (χ0n) is 8.52. The van der Waals surface area contributed by atoms with Crippen molar-refractivity contribution in [1.82, 2.24) is 4.98 Å². The van der Waals surface area contributed by atoms with Crippen molar-refractivity contribution >= 4 is 22.4 Å². The Morgan fingerprint density at radius 1 is 1.73 bits per heavy atom. The van der Waals surface area contributed by atoms with Gasteiger partial charge in [-0.05, 0) is 13.3 Å². The van der Waals surface area contributed by atoms with Gasteiger partial charge in [0.1, 0.15) is 4.88 Å². The maximum Gasteiger partial charge on any atom is 0.347 e. The highest BCUT2D eigenvalue weighted by atomic mass is 32.1. The Labute approximate surface area is 92.1 Å². The van der Waals surface area contributed by atoms with E-state index in [0.29, 0.717) is 11.7 Å². The summed E-state index contributed by atoms with van der Waals surface area (Å²) in [7, 11) is 0. The normalized spacial score (nSPS) is 10.2. The second-order valence-electron chi connectivity index (χ2n) is 2.81. The molecule has 0 bridgehead atoms. The van der Waals surface area contributed by atoms with E-state index in [2.05, 4.69) is 10.3 Å². The molecule has 1 aromatic rings. The molecular weight excluding hydrogens is 216 g/mol. The Hall–Kier alpha value is -1.14. The van der Waals surface area contributed by atoms with Crippen LogP contribution in [0.5, 0.6) is 0 Å². The maximum atomic E-state index is 10.6. The number of rotatable bonds is 7. The van der Waals surface area contributed by atoms with E-state index in [1.165, 1.54) is 6.20 Å². The Kier molecular flexibility index (Phi) is 5.06. The Bertz CT molecular complexity index is 314. The van der Waals surface area contributed by atoms with Gasteiger partial charge in [0.2, 0.25) is 0 Å². The number of carbonyl (C=O) groups is 1. The first-order chi connectivity index (χ1) is 7.24. The van der Waals surface area contributed by atoms with Crippen LogP contribution in [-0.4, -0.2) is 35.8 Å². The van der Waals surface area contributed by atoms with Crippen molar-refractivity contribution < 1.29 is 14.6 Å². The van der Waals surface area contributed by atoms with E-state index in [0.717, 1.165) is 30.9 Å². The van der Waals surface area contributed by atoms with Gasteiger partial charge in [-0.1, -0.05) is 11.3 Å². The molecule has 2 N–H and O–H groups in total. The first kappa shape index (κ1) is 11.9. The largest absolute Gasteiger partial charge is 0.477 e. The van der Waals surface area contributed by atoms with Crippen LogP contribution in [0.4, 0.5) is 5.13 Å². The van der Waals surface area contributed by atoms with E-state index >= 15 is 0 Å². The molecule has 6 heteroatoms. The molecule has 0 saturated carbocycles. The third-order valence-electron chi connectivity index (χ3n) is 1.66. The van der Waals surface area contributed by atoms with Crippen LogP contribution in [0.15, 0.2) is 6.20 Å². The zero-order chi connectivity index (χ0) is 11.1. The van der Waals surface area contributed by atoms with Gasteiger partial charge in [0.25, 0.3) is 0 Å². The van der Waals surface area contributed by atoms with Gasteiger partial charge in [0.05, 0.1) is 6.20 Å². The van der Waals surface area contributed by atoms with Crippen LogP contribution in [0, 0.1) is 0 Å². The van der Waals surface area contributed by atoms with Crippen LogP contribution in [0.25, 0.3) is 0 Å². The number of hydrogen-bond acceptors (Lipinski definition) is 5. The number of aromatic carboxylic acids is 1. The third-order valence-corrected chi connectivity index (χ3v) is 2.61. The van der Waals surface area contributed by atoms with Crippen molar-refractivity contribution in [1.29, 1.82) is 0 Å². The molecule has 0 saturated heterocycles. The minimum absolute atomic E-state index is 0.252. The highest BCUT2D eigenvalue weighted by Gasteiger charge is 2.07. The fraction of sp³-hybridized carbons (Fsp3) is 0.556. The van der Waals surface area contributed by atoms with Gasteiger partial charge in [0, 0.05) is 19.8 Å². The van der Waals surface area contributed by atoms with Gasteiger partial charge in [0.15, 0.2) is 5.13 Å². The molecule has 0 aliphatic heterocycles. The summed E-state index contributed by atoms with van der Waals surface area (Å²) in [6.07, 6.45) is 2.24. The molecule has 0 radical (unpaired) electrons. The predicted molar refractivity (Wildman–Crippen MR) is 58.7 cm³/mol. The molecule has 0 fully saturated rings. The van der Waals surface area contributed by atoms with Gasteiger partial charge in [-0.15, -0.1) is 0 Å². The highest BCUT2D eigenvalue weighted by molar-refractivity contribution is 7.17. The van der Waals surface area contributed by atoms with Crippen LogP contribution < -0.4 is 5.32 Å². The number of nitrogens with zero attached hydrogens (tertiary/aromatic N) is 1. The number of carboxylic acids is 1. The lowest BCUT2D eigenvalue weighted by Crippen LogP contribution is -2.05. The molecule has 84 valence electrons. The fourth-order valence-corrected chi connectivity index (χ4v) is 1.65. The first-order valence-corrected chi connectivity index (χ1v) is 5.56. The number of carboxylic acid groups (broad SMARTS) is 1. The monoisotopic (exact) mass is 230 g/mol. The van der Waals surface area contributed by atoms with Gasteiger partial charge >= 0.3 is 5.97 Å². The molecule has 1 aromatic heterocycles. The van der Waals surface area contributed by atoms with E-state index in [-0.39, 0.29) is 4.88 Å². The van der Waals surface area contributed by atoms with Crippen molar-refractivity contribution in [2.45, 2.75) is 13.3 Å². The van der Waals surface area contributed by atoms with Crippen molar-refractivity contribution in [3.8, 4) is 0 Å². The second kappa shape index (κ2) is 6.36. The molecule has 5 nitrogen and oxygen atoms in total. The highest BCUT2D eigenvalue weighted by Crippen LogP contribution is 2.17. The fourth-order valence-electron chi connectivity index (χ4n) is 0.969. The van der Waals surface area contributed by atoms with E-state index < -0.39 is 5.97 Å². The lowest BCUT2D eigenvalue weighted by atomic mass is 10.4. The summed E-state index contributed by atoms with van der Waals surface area (Å²) >= 11 is 1.14. The Morgan fingerprint density at radius 3 is 3.13 bits per heavy atom. The van der Waals surface area contributed by atoms with E-state index in [4.69, 9.17) is 9.84 Å². The summed E-state index contributed by atoms with van der Waals surface area (Å²) < 4.78 is 5.16. The van der Waals surface area contributed by atoms with Gasteiger partial charge in [-0.2, -0.15) is 0 Å². The van der Waals surface area contributed by atoms with Crippen LogP contribution >= 0.6 is 11.3 Å². The van der Waals surface area contributed by atoms with E-state index in [9.17, 15) is 4.79 Å². The smallest absolute Gasteiger partial charge is 0.347 e. The minimum Gasteiger partial charge on any atom is -0.477 e. The molecule has 15 heavy (non-hydrogen) atoms. The third kappa shape index (κ3) is 4.26. The lowest BCUT2D eigenvalue weighted by molar-refractivity contribution is 0.0702. The molecule has 0 aliphatic carbocycles. The van der Waals surface area contributed by atoms with Gasteiger partial charge in [-0.3, -0.25) is 0 Å². The maximum absolute atomic E-state index is 10.6. The van der Waals surface area contributed by atoms with Crippen molar-refractivity contribution in [3.63, 3.8) is 0 Å². The summed E-state index contributed by atoms with van der Waals surface area (Å²) in [6, 6.07) is 0. The minimum atomic E-state index is -0.935. The van der Waals surface area contributed by atoms with Gasteiger partial charge in [-0.25, -0.2) is 9.78 Å². The Morgan fingerprint density at radius 2 is 2.53 bits per heavy atom. The standard InChI is InChI=1S/C9H14N2O3S/c1-2-14-5-3-4-10-9-11-6-7(15-9)8(12)13/h6H,2-5H2,1H3,(H,10,11)(H,12,13). The summed E-state index contributed by atoms with van der Waals surface area (Å²) in [4.78, 5) is 14.7. The average Bonchev–Trinajstić information content (AvgIpc) is 2.66. The molecule has 0 unspecified atom stereocenters. The van der Waals surface area contributed by atoms with Crippen LogP contribution in [-0.2, 0) is 4.74 Å². The quantitative estimate of drug-likeness (QED) is 0.697. The summed E-state index contributed by atoms with van der Waals surface area (Å²) in [5.41, 5.74) is 0. The van der Waals surface area contributed by atoms with Crippen LogP contribution in [0.3, 0.4) is 0 Å². The molecule has 0 aromatic carbocycles. The molecule has 0 aliphatic rings. The number of thiazole rings is 1. The molecular formula is C9H14N2O3S. The SMILES string of the molecule is CCOCCCNc1ncc(C(=O)O)s1. The van der Waals surface area contributed by atoms with E-state index in [1.54, 1.807) is 0 Å². The number of ether oxygens (including phenoxy) is 1. The van der Waals surface area contributed by atoms with Crippen molar-refractivity contribution in [2.75, 3.05) is 25.1 Å². The number of nitrogens with one attached hydrogen (secondary N) is 1. The number of anilines is 1. The van der Waals surface area contributed by atoms with Crippen LogP contribution in [0.2, 0.25) is 0 Å². The number of aromatic nitrogens is 1. The molecule has 0 amide bonds. The lowest BCUT2D eigenvalue weighted by Gasteiger charge is -2.02. The average molecular weight is 230 g/mol.